The van der Waals surface area contributed by atoms with E-state index in [1.807, 2.05) is 42.5 Å². The van der Waals surface area contributed by atoms with E-state index in [1.165, 1.54) is 0 Å². The molecule has 0 saturated carbocycles. The molecule has 0 aliphatic carbocycles. The Kier molecular flexibility index (Phi) is 4.03. The Bertz CT molecular complexity index is 1820. The molecule has 8 rings (SSSR count). The van der Waals surface area contributed by atoms with Gasteiger partial charge in [0.1, 0.15) is 5.82 Å². The first-order valence-corrected chi connectivity index (χ1v) is 12.3. The Morgan fingerprint density at radius 3 is 1.76 bits per heavy atom. The molecule has 0 N–H and O–H groups in total. The molecule has 6 aromatic rings. The van der Waals surface area contributed by atoms with Crippen LogP contribution in [0, 0.1) is 0 Å². The molecule has 1 aromatic heterocycles. The summed E-state index contributed by atoms with van der Waals surface area (Å²) in [4.78, 5) is 22.8. The fraction of sp³-hybridized carbons (Fsp3) is 0. The second-order valence-corrected chi connectivity index (χ2v) is 9.28. The number of para-hydroxylation sites is 7. The van der Waals surface area contributed by atoms with Crippen LogP contribution in [0.25, 0.3) is 22.4 Å². The Labute approximate surface area is 213 Å². The van der Waals surface area contributed by atoms with Crippen LogP contribution in [-0.4, -0.2) is 15.5 Å². The fourth-order valence-corrected chi connectivity index (χ4v) is 5.65. The zero-order chi connectivity index (χ0) is 24.5. The molecule has 0 amide bonds. The molecule has 0 fully saturated rings. The average Bonchev–Trinajstić information content (AvgIpc) is 3.47. The predicted molar refractivity (Wildman–Crippen MR) is 148 cm³/mol. The van der Waals surface area contributed by atoms with Gasteiger partial charge in [0.15, 0.2) is 0 Å². The van der Waals surface area contributed by atoms with E-state index in [1.54, 1.807) is 4.57 Å². The maximum absolute atomic E-state index is 13.3. The normalized spacial score (nSPS) is 13.4. The quantitative estimate of drug-likeness (QED) is 0.254. The molecule has 0 atom stereocenters. The van der Waals surface area contributed by atoms with Crippen LogP contribution in [0.5, 0.6) is 0 Å². The summed E-state index contributed by atoms with van der Waals surface area (Å²) in [6, 6.07) is 41.2. The number of rotatable bonds is 2. The third-order valence-corrected chi connectivity index (χ3v) is 7.24. The molecule has 37 heavy (non-hydrogen) atoms. The molecule has 0 bridgehead atoms. The summed E-state index contributed by atoms with van der Waals surface area (Å²) >= 11 is 0. The first-order chi connectivity index (χ1) is 18.3. The van der Waals surface area contributed by atoms with E-state index in [-0.39, 0.29) is 5.91 Å². The molecule has 2 aliphatic heterocycles. The van der Waals surface area contributed by atoms with Crippen molar-refractivity contribution in [2.75, 3.05) is 9.80 Å². The van der Waals surface area contributed by atoms with Crippen molar-refractivity contribution in [3.8, 4) is 11.4 Å². The highest BCUT2D eigenvalue weighted by molar-refractivity contribution is 6.13. The molecule has 0 spiro atoms. The molecule has 3 heterocycles. The van der Waals surface area contributed by atoms with E-state index in [0.29, 0.717) is 11.4 Å². The summed E-state index contributed by atoms with van der Waals surface area (Å²) in [5.41, 5.74) is 9.63. The highest BCUT2D eigenvalue weighted by atomic mass is 16.2. The molecule has 5 heteroatoms. The number of hydrogen-bond acceptors (Lipinski definition) is 4. The standard InChI is InChI=1S/C32H20N4O/c37-32-23-19-18-22(20-24(23)31-33-25-12-4-5-13-26(25)36(31)32)35-29-16-8-6-14-27(29)34(21-10-2-1-3-11-21)28-15-7-9-17-30(28)35/h1-20H. The van der Waals surface area contributed by atoms with Crippen LogP contribution >= 0.6 is 0 Å². The zero-order valence-electron chi connectivity index (χ0n) is 19.7. The van der Waals surface area contributed by atoms with Gasteiger partial charge in [0.2, 0.25) is 0 Å². The number of carbonyl (C=O) groups excluding carboxylic acids is 1. The highest BCUT2D eigenvalue weighted by Gasteiger charge is 2.33. The number of anilines is 6. The second kappa shape index (κ2) is 7.42. The van der Waals surface area contributed by atoms with Gasteiger partial charge in [-0.1, -0.05) is 54.6 Å². The maximum atomic E-state index is 13.3. The van der Waals surface area contributed by atoms with E-state index < -0.39 is 0 Å². The van der Waals surface area contributed by atoms with Crippen molar-refractivity contribution in [2.24, 2.45) is 0 Å². The molecule has 5 aromatic carbocycles. The van der Waals surface area contributed by atoms with Crippen LogP contribution in [0.2, 0.25) is 0 Å². The molecule has 0 radical (unpaired) electrons. The number of fused-ring (bicyclic) bond motifs is 7. The molecular formula is C32H20N4O. The Hall–Kier alpha value is -5.16. The third-order valence-electron chi connectivity index (χ3n) is 7.24. The fourth-order valence-electron chi connectivity index (χ4n) is 5.65. The van der Waals surface area contributed by atoms with Crippen molar-refractivity contribution in [1.82, 2.24) is 9.55 Å². The summed E-state index contributed by atoms with van der Waals surface area (Å²) in [5, 5.41) is 0. The lowest BCUT2D eigenvalue weighted by atomic mass is 10.0. The van der Waals surface area contributed by atoms with Gasteiger partial charge in [-0.25, -0.2) is 4.98 Å². The largest absolute Gasteiger partial charge is 0.306 e. The number of carbonyl (C=O) groups is 1. The summed E-state index contributed by atoms with van der Waals surface area (Å²) in [6.45, 7) is 0. The zero-order valence-corrected chi connectivity index (χ0v) is 19.7. The monoisotopic (exact) mass is 476 g/mol. The minimum absolute atomic E-state index is 0.0278. The summed E-state index contributed by atoms with van der Waals surface area (Å²) in [6.07, 6.45) is 0. The molecular weight excluding hydrogens is 456 g/mol. The van der Waals surface area contributed by atoms with Gasteiger partial charge in [-0.05, 0) is 66.7 Å². The van der Waals surface area contributed by atoms with E-state index in [9.17, 15) is 4.79 Å². The van der Waals surface area contributed by atoms with Gasteiger partial charge in [-0.3, -0.25) is 9.36 Å². The molecule has 2 aliphatic rings. The molecule has 174 valence electrons. The van der Waals surface area contributed by atoms with Gasteiger partial charge >= 0.3 is 0 Å². The average molecular weight is 477 g/mol. The second-order valence-electron chi connectivity index (χ2n) is 9.28. The number of benzene rings is 5. The van der Waals surface area contributed by atoms with Crippen molar-refractivity contribution in [3.05, 3.63) is 127 Å². The van der Waals surface area contributed by atoms with E-state index in [2.05, 4.69) is 88.7 Å². The summed E-state index contributed by atoms with van der Waals surface area (Å²) in [5.74, 6) is 0.674. The topological polar surface area (TPSA) is 41.4 Å². The van der Waals surface area contributed by atoms with Crippen molar-refractivity contribution in [1.29, 1.82) is 0 Å². The van der Waals surface area contributed by atoms with Crippen LogP contribution in [-0.2, 0) is 0 Å². The van der Waals surface area contributed by atoms with Gasteiger partial charge in [-0.2, -0.15) is 0 Å². The van der Waals surface area contributed by atoms with Gasteiger partial charge < -0.3 is 9.80 Å². The van der Waals surface area contributed by atoms with Crippen LogP contribution in [0.1, 0.15) is 10.4 Å². The van der Waals surface area contributed by atoms with Crippen molar-refractivity contribution >= 4 is 51.1 Å². The minimum Gasteiger partial charge on any atom is -0.306 e. The molecule has 5 nitrogen and oxygen atoms in total. The van der Waals surface area contributed by atoms with E-state index in [0.717, 1.165) is 50.7 Å². The maximum Gasteiger partial charge on any atom is 0.264 e. The van der Waals surface area contributed by atoms with E-state index >= 15 is 0 Å². The van der Waals surface area contributed by atoms with E-state index in [4.69, 9.17) is 4.98 Å². The Morgan fingerprint density at radius 2 is 1.08 bits per heavy atom. The lowest BCUT2D eigenvalue weighted by molar-refractivity contribution is 0.0973. The van der Waals surface area contributed by atoms with Crippen LogP contribution < -0.4 is 9.80 Å². The van der Waals surface area contributed by atoms with Gasteiger partial charge in [0.05, 0.1) is 39.3 Å². The van der Waals surface area contributed by atoms with Gasteiger partial charge in [0, 0.05) is 16.9 Å². The minimum atomic E-state index is -0.0278. The van der Waals surface area contributed by atoms with Crippen LogP contribution in [0.4, 0.5) is 34.1 Å². The van der Waals surface area contributed by atoms with Crippen LogP contribution in [0.3, 0.4) is 0 Å². The number of hydrogen-bond donors (Lipinski definition) is 0. The predicted octanol–water partition coefficient (Wildman–Crippen LogP) is 7.96. The number of imidazole rings is 1. The van der Waals surface area contributed by atoms with Crippen LogP contribution in [0.15, 0.2) is 121 Å². The summed E-state index contributed by atoms with van der Waals surface area (Å²) in [7, 11) is 0. The molecule has 0 unspecified atom stereocenters. The SMILES string of the molecule is O=C1c2ccc(N3c4ccccc4N(c4ccccc4)c4ccccc43)cc2-c2nc3ccccc3n21. The van der Waals surface area contributed by atoms with Gasteiger partial charge in [-0.15, -0.1) is 0 Å². The third kappa shape index (κ3) is 2.74. The first kappa shape index (κ1) is 20.1. The Balaban J connectivity index is 1.35. The van der Waals surface area contributed by atoms with Gasteiger partial charge in [0.25, 0.3) is 5.91 Å². The summed E-state index contributed by atoms with van der Waals surface area (Å²) < 4.78 is 1.74. The lowest BCUT2D eigenvalue weighted by Gasteiger charge is -2.40. The Morgan fingerprint density at radius 1 is 0.514 bits per heavy atom. The van der Waals surface area contributed by atoms with Crippen molar-refractivity contribution in [3.63, 3.8) is 0 Å². The highest BCUT2D eigenvalue weighted by Crippen LogP contribution is 2.54. The van der Waals surface area contributed by atoms with Crippen molar-refractivity contribution in [2.45, 2.75) is 0 Å². The lowest BCUT2D eigenvalue weighted by Crippen LogP contribution is -2.23. The number of nitrogens with zero attached hydrogens (tertiary/aromatic N) is 4. The number of aromatic nitrogens is 2. The molecule has 0 saturated heterocycles. The smallest absolute Gasteiger partial charge is 0.264 e. The first-order valence-electron chi connectivity index (χ1n) is 12.3. The van der Waals surface area contributed by atoms with Crippen molar-refractivity contribution < 1.29 is 4.79 Å².